The molecule has 5 N–H and O–H groups in total. The van der Waals surface area contributed by atoms with Crippen LogP contribution in [-0.2, 0) is 102 Å². The molecule has 0 saturated heterocycles. The van der Waals surface area contributed by atoms with E-state index in [4.69, 9.17) is 14.2 Å². The minimum atomic E-state index is -6.12. The standard InChI is InChI=1S/C16H36N.2C15H20F6O4.C12H16F6O3.C10H12F6O3.C7H13NO4S.C6H10O5S.C2H4O3S/c1-5-9-13-17(14-10-6-2,15-11-7-3)16-12-8-4;1-8(2)9(22)24-12(6,7)13(14(16,17)18,15(19,20)21)25-10(23)11(3,4)5;1-8(2)7-10(22)24-13(14(16,17)18,15(19,20)21)12(5,6)25-11(23)9(3)4;1-6(2)5-8(21-9(19)7(3)4)10(20,11(13,14)15)12(16,17)18;1-5(2)6(17)19-7(3,4)8(18,9(11,12)13)10(14,15)16;1-4-6(9)8-7(2,3)5-13(10,11)12;1-5(2)6(7)11-3-4-12(8,9)10;1-2-6(3,4)5/h5-16H2,1-4H3;1H2,2-7H3;8H,3,7H2,1-2,4-6H3;6,8,20H,3,5H2,1-2,4H3;18H,1H2,2-4H3;4H,1,5H2,2-3H3,(H,8,9)(H,10,11,12);1,3-4H2,2H3,(H,8,9,10);2H,1H2,(H,3,4,5)/q+1;;;;;;;/p-1. The molecule has 1 atom stereocenters. The van der Waals surface area contributed by atoms with Gasteiger partial charge in [0.2, 0.25) is 5.91 Å². The molecule has 28 nitrogen and oxygen atoms in total. The second-order valence-corrected chi connectivity index (χ2v) is 39.0. The molecule has 55 heteroatoms. The number of carbonyl (C=O) groups is 8. The highest BCUT2D eigenvalue weighted by molar-refractivity contribution is 7.88. The van der Waals surface area contributed by atoms with E-state index < -0.39 is 243 Å². The highest BCUT2D eigenvalue weighted by Gasteiger charge is 2.85. The van der Waals surface area contributed by atoms with E-state index in [1.807, 2.05) is 0 Å². The van der Waals surface area contributed by atoms with Crippen LogP contribution in [0.15, 0.2) is 85.4 Å². The van der Waals surface area contributed by atoms with Gasteiger partial charge in [0.05, 0.1) is 64.2 Å². The number of carbonyl (C=O) groups excluding carboxylic acids is 8. The molecule has 0 bridgehead atoms. The normalized spacial score (nSPS) is 13.3. The molecule has 0 heterocycles. The van der Waals surface area contributed by atoms with E-state index in [-0.39, 0.29) is 11.1 Å². The lowest BCUT2D eigenvalue weighted by Gasteiger charge is -2.46. The highest BCUT2D eigenvalue weighted by Crippen LogP contribution is 2.57. The van der Waals surface area contributed by atoms with E-state index in [2.05, 4.69) is 112 Å². The fourth-order valence-corrected chi connectivity index (χ4v) is 11.7. The van der Waals surface area contributed by atoms with E-state index in [0.29, 0.717) is 47.0 Å². The van der Waals surface area contributed by atoms with Crippen LogP contribution in [0.1, 0.15) is 230 Å². The van der Waals surface area contributed by atoms with Crippen molar-refractivity contribution in [2.45, 2.75) is 331 Å². The number of quaternary nitrogens is 1. The van der Waals surface area contributed by atoms with Gasteiger partial charge in [-0.3, -0.25) is 23.5 Å². The fourth-order valence-electron chi connectivity index (χ4n) is 10.4. The number of halogens is 24. The third-order valence-corrected chi connectivity index (χ3v) is 19.8. The van der Waals surface area contributed by atoms with Crippen molar-refractivity contribution in [1.82, 2.24) is 5.32 Å². The van der Waals surface area contributed by atoms with E-state index in [1.54, 1.807) is 0 Å². The Morgan fingerprint density at radius 2 is 0.710 bits per heavy atom. The average Bonchev–Trinajstić information content (AvgIpc) is 0.715. The summed E-state index contributed by atoms with van der Waals surface area (Å²) in [6.45, 7) is 55.6. The molecular formula is C83H130F24N2O26S3. The van der Waals surface area contributed by atoms with Crippen LogP contribution in [0, 0.1) is 17.3 Å². The Bertz CT molecular complexity index is 4240. The number of alkyl halides is 24. The quantitative estimate of drug-likeness (QED) is 0.00953. The van der Waals surface area contributed by atoms with Crippen molar-refractivity contribution in [2.75, 3.05) is 44.3 Å². The summed E-state index contributed by atoms with van der Waals surface area (Å²) >= 11 is 0. The Morgan fingerprint density at radius 1 is 0.428 bits per heavy atom. The zero-order valence-electron chi connectivity index (χ0n) is 80.9. The summed E-state index contributed by atoms with van der Waals surface area (Å²) in [4.78, 5) is 90.4. The number of ether oxygens (including phenoxy) is 7. The number of hydrogen-bond acceptors (Lipinski definition) is 24. The maximum atomic E-state index is 13.6. The third kappa shape index (κ3) is 50.0. The zero-order chi connectivity index (χ0) is 113. The molecule has 0 aliphatic rings. The van der Waals surface area contributed by atoms with Crippen LogP contribution in [0.3, 0.4) is 0 Å². The number of hydrogen-bond donors (Lipinski definition) is 5. The molecule has 1 unspecified atom stereocenters. The van der Waals surface area contributed by atoms with Crippen molar-refractivity contribution in [1.29, 1.82) is 0 Å². The molecule has 0 rings (SSSR count). The molecule has 0 spiro atoms. The molecule has 1 amide bonds. The van der Waals surface area contributed by atoms with Crippen molar-refractivity contribution >= 4 is 78.0 Å². The maximum absolute atomic E-state index is 13.6. The van der Waals surface area contributed by atoms with E-state index >= 15 is 0 Å². The largest absolute Gasteiger partial charge is 0.748 e. The van der Waals surface area contributed by atoms with Gasteiger partial charge in [-0.05, 0) is 161 Å². The summed E-state index contributed by atoms with van der Waals surface area (Å²) in [6.07, 6.45) is -40.9. The van der Waals surface area contributed by atoms with E-state index in [0.717, 1.165) is 54.5 Å². The van der Waals surface area contributed by atoms with Crippen LogP contribution in [0.2, 0.25) is 0 Å². The van der Waals surface area contributed by atoms with E-state index in [9.17, 15) is 179 Å². The van der Waals surface area contributed by atoms with Crippen molar-refractivity contribution in [3.63, 3.8) is 0 Å². The van der Waals surface area contributed by atoms with Gasteiger partial charge in [0.15, 0.2) is 16.8 Å². The van der Waals surface area contributed by atoms with Gasteiger partial charge in [0, 0.05) is 34.3 Å². The maximum Gasteiger partial charge on any atom is 0.441 e. The SMILES string of the molecule is C=C(C)C(=O)OC(C)(C)C(O)(C(F)(F)F)C(F)(F)F.C=C(C)C(=O)OC(C)(C)C(OC(=O)C(C)(C)C)(C(F)(F)F)C(F)(F)F.C=C(C)C(=O)OC(C)(C)C(OC(=O)CC(C)C)(C(F)(F)F)C(F)(F)F.C=C(C)C(=O)OC(CC(C)C)C(O)(C(F)(F)F)C(F)(F)F.C=C(C)C(=O)OCCS(=O)(=O)[O-].C=CC(=O)NC(C)(C)CS(=O)(=O)O.C=CS(=O)(=O)O.CCCC[N+](CCCC)(CCCC)CCCC. The van der Waals surface area contributed by atoms with Crippen LogP contribution in [0.25, 0.3) is 0 Å². The van der Waals surface area contributed by atoms with Gasteiger partial charge in [0.1, 0.15) is 12.7 Å². The Kier molecular flexibility index (Phi) is 59.6. The molecule has 0 fully saturated rings. The Balaban J connectivity index is -0.000000238. The van der Waals surface area contributed by atoms with Gasteiger partial charge in [-0.2, -0.15) is 122 Å². The van der Waals surface area contributed by atoms with Crippen LogP contribution < -0.4 is 5.32 Å². The first-order valence-electron chi connectivity index (χ1n) is 40.7. The fraction of sp³-hybridized carbons (Fsp3) is 0.735. The monoisotopic (exact) mass is 2120 g/mol. The summed E-state index contributed by atoms with van der Waals surface area (Å²) in [5.74, 6) is -13.0. The third-order valence-electron chi connectivity index (χ3n) is 17.6. The smallest absolute Gasteiger partial charge is 0.441 e. The Hall–Kier alpha value is -8.13. The molecule has 0 saturated carbocycles. The molecule has 0 radical (unpaired) electrons. The molecule has 0 aromatic rings. The summed E-state index contributed by atoms with van der Waals surface area (Å²) in [5, 5.41) is 21.2. The molecule has 0 aromatic carbocycles. The molecule has 138 heavy (non-hydrogen) atoms. The second-order valence-electron chi connectivity index (χ2n) is 34.7. The molecule has 0 aliphatic heterocycles. The molecule has 0 aliphatic carbocycles. The first-order chi connectivity index (χ1) is 60.6. The molecule has 814 valence electrons. The predicted molar refractivity (Wildman–Crippen MR) is 454 cm³/mol. The second kappa shape index (κ2) is 56.6. The van der Waals surface area contributed by atoms with Gasteiger partial charge in [-0.15, -0.1) is 0 Å². The van der Waals surface area contributed by atoms with Crippen LogP contribution in [-0.4, -0.2) is 246 Å². The van der Waals surface area contributed by atoms with Crippen molar-refractivity contribution in [3.8, 4) is 0 Å². The molecule has 0 aromatic heterocycles. The molecular weight excluding hydrogens is 1990 g/mol. The number of nitrogens with zero attached hydrogens (tertiary/aromatic N) is 1. The summed E-state index contributed by atoms with van der Waals surface area (Å²) < 4.78 is 431. The Morgan fingerprint density at radius 3 is 0.920 bits per heavy atom. The predicted octanol–water partition coefficient (Wildman–Crippen LogP) is 19.4. The number of aliphatic hydroxyl groups is 2. The van der Waals surface area contributed by atoms with Crippen LogP contribution >= 0.6 is 0 Å². The van der Waals surface area contributed by atoms with Gasteiger partial charge in [-0.1, -0.05) is 127 Å². The first kappa shape index (κ1) is 145. The minimum Gasteiger partial charge on any atom is -0.748 e. The van der Waals surface area contributed by atoms with Gasteiger partial charge in [0.25, 0.3) is 31.4 Å². The van der Waals surface area contributed by atoms with Gasteiger partial charge in [-0.25, -0.2) is 32.4 Å². The first-order valence-corrected chi connectivity index (χ1v) is 45.4. The topological polar surface area (TPSA) is 420 Å². The minimum absolute atomic E-state index is 0.165. The van der Waals surface area contributed by atoms with Crippen LogP contribution in [0.5, 0.6) is 0 Å². The van der Waals surface area contributed by atoms with Gasteiger partial charge < -0.3 is 57.7 Å². The Labute approximate surface area is 788 Å². The lowest BCUT2D eigenvalue weighted by molar-refractivity contribution is -0.929. The van der Waals surface area contributed by atoms with Crippen molar-refractivity contribution < 1.29 is 230 Å². The van der Waals surface area contributed by atoms with E-state index in [1.165, 1.54) is 130 Å². The lowest BCUT2D eigenvalue weighted by Crippen LogP contribution is -2.72. The van der Waals surface area contributed by atoms with Crippen LogP contribution in [0.4, 0.5) is 105 Å². The lowest BCUT2D eigenvalue weighted by atomic mass is 9.82. The number of esters is 7. The van der Waals surface area contributed by atoms with Crippen molar-refractivity contribution in [2.24, 2.45) is 17.3 Å². The number of unbranched alkanes of at least 4 members (excludes halogenated alkanes) is 4. The average molecular weight is 2120 g/mol. The number of rotatable bonds is 39. The summed E-state index contributed by atoms with van der Waals surface area (Å²) in [5.41, 5.74) is -34.5. The summed E-state index contributed by atoms with van der Waals surface area (Å²) in [7, 11) is -12.3. The number of amides is 1. The van der Waals surface area contributed by atoms with Gasteiger partial charge >= 0.3 is 102 Å². The highest BCUT2D eigenvalue weighted by atomic mass is 32.2. The van der Waals surface area contributed by atoms with Crippen molar-refractivity contribution in [3.05, 3.63) is 85.4 Å². The summed E-state index contributed by atoms with van der Waals surface area (Å²) in [6, 6.07) is 0. The number of nitrogens with one attached hydrogen (secondary N) is 1. The zero-order valence-corrected chi connectivity index (χ0v) is 83.3.